The normalized spacial score (nSPS) is 11.0. The Kier molecular flexibility index (Phi) is 6.62. The van der Waals surface area contributed by atoms with E-state index in [9.17, 15) is 4.79 Å². The first-order valence-corrected chi connectivity index (χ1v) is 9.07. The van der Waals surface area contributed by atoms with Gasteiger partial charge in [0.05, 0.1) is 29.7 Å². The highest BCUT2D eigenvalue weighted by molar-refractivity contribution is 5.96. The van der Waals surface area contributed by atoms with Crippen molar-refractivity contribution < 1.29 is 9.53 Å². The van der Waals surface area contributed by atoms with Gasteiger partial charge in [-0.15, -0.1) is 0 Å². The quantitative estimate of drug-likeness (QED) is 0.790. The first-order valence-electron chi connectivity index (χ1n) is 9.07. The Morgan fingerprint density at radius 2 is 1.80 bits per heavy atom. The molecule has 0 aliphatic carbocycles. The van der Waals surface area contributed by atoms with Gasteiger partial charge in [-0.1, -0.05) is 26.7 Å². The molecule has 0 aliphatic rings. The molecule has 1 aromatic carbocycles. The molecule has 0 aliphatic heterocycles. The van der Waals surface area contributed by atoms with Gasteiger partial charge in [-0.2, -0.15) is 5.10 Å². The predicted molar refractivity (Wildman–Crippen MR) is 101 cm³/mol. The number of carbonyl (C=O) groups is 1. The summed E-state index contributed by atoms with van der Waals surface area (Å²) in [5.41, 5.74) is 3.55. The summed E-state index contributed by atoms with van der Waals surface area (Å²) in [5.74, 6) is 0.779. The van der Waals surface area contributed by atoms with E-state index in [-0.39, 0.29) is 11.9 Å². The fourth-order valence-corrected chi connectivity index (χ4v) is 2.92. The van der Waals surface area contributed by atoms with Gasteiger partial charge in [0.15, 0.2) is 0 Å². The summed E-state index contributed by atoms with van der Waals surface area (Å²) in [6, 6.07) is 7.89. The van der Waals surface area contributed by atoms with Crippen molar-refractivity contribution in [2.24, 2.45) is 0 Å². The van der Waals surface area contributed by atoms with Crippen LogP contribution in [0.3, 0.4) is 0 Å². The number of rotatable bonds is 8. The topological polar surface area (TPSA) is 56.2 Å². The largest absolute Gasteiger partial charge is 0.497 e. The Morgan fingerprint density at radius 3 is 2.32 bits per heavy atom. The van der Waals surface area contributed by atoms with Gasteiger partial charge in [-0.25, -0.2) is 4.68 Å². The third kappa shape index (κ3) is 4.41. The molecule has 136 valence electrons. The van der Waals surface area contributed by atoms with Gasteiger partial charge in [0.2, 0.25) is 0 Å². The van der Waals surface area contributed by atoms with E-state index in [0.29, 0.717) is 0 Å². The minimum atomic E-state index is -0.0262. The molecule has 0 saturated carbocycles. The Morgan fingerprint density at radius 1 is 1.16 bits per heavy atom. The first kappa shape index (κ1) is 19.0. The van der Waals surface area contributed by atoms with Crippen molar-refractivity contribution in [2.45, 2.75) is 59.4 Å². The van der Waals surface area contributed by atoms with Crippen LogP contribution in [0.15, 0.2) is 24.3 Å². The Balaban J connectivity index is 2.56. The molecule has 0 bridgehead atoms. The molecule has 0 unspecified atom stereocenters. The molecule has 25 heavy (non-hydrogen) atoms. The number of methoxy groups -OCH3 is 1. The summed E-state index contributed by atoms with van der Waals surface area (Å²) < 4.78 is 7.16. The average molecular weight is 343 g/mol. The van der Waals surface area contributed by atoms with Gasteiger partial charge in [0.25, 0.3) is 5.91 Å². The summed E-state index contributed by atoms with van der Waals surface area (Å²) >= 11 is 0. The highest BCUT2D eigenvalue weighted by atomic mass is 16.5. The second kappa shape index (κ2) is 8.70. The molecular weight excluding hydrogens is 314 g/mol. The third-order valence-corrected chi connectivity index (χ3v) is 3.99. The number of ether oxygens (including phenoxy) is 1. The zero-order chi connectivity index (χ0) is 18.4. The minimum Gasteiger partial charge on any atom is -0.497 e. The van der Waals surface area contributed by atoms with Crippen LogP contribution < -0.4 is 10.1 Å². The van der Waals surface area contributed by atoms with Gasteiger partial charge in [0, 0.05) is 6.04 Å². The van der Waals surface area contributed by atoms with Crippen LogP contribution in [0.2, 0.25) is 0 Å². The van der Waals surface area contributed by atoms with E-state index in [1.807, 2.05) is 42.8 Å². The molecule has 0 atom stereocenters. The van der Waals surface area contributed by atoms with Crippen LogP contribution in [-0.4, -0.2) is 28.8 Å². The number of hydrogen-bond acceptors (Lipinski definition) is 3. The summed E-state index contributed by atoms with van der Waals surface area (Å²) in [6.07, 6.45) is 3.51. The fourth-order valence-electron chi connectivity index (χ4n) is 2.92. The van der Waals surface area contributed by atoms with Gasteiger partial charge < -0.3 is 10.1 Å². The minimum absolute atomic E-state index is 0.0262. The number of aromatic nitrogens is 2. The van der Waals surface area contributed by atoms with Crippen LogP contribution in [0.4, 0.5) is 0 Å². The maximum atomic E-state index is 12.8. The van der Waals surface area contributed by atoms with Gasteiger partial charge in [-0.3, -0.25) is 4.79 Å². The lowest BCUT2D eigenvalue weighted by Crippen LogP contribution is -2.31. The zero-order valence-electron chi connectivity index (χ0n) is 15.9. The van der Waals surface area contributed by atoms with E-state index < -0.39 is 0 Å². The molecule has 0 spiro atoms. The summed E-state index contributed by atoms with van der Waals surface area (Å²) in [7, 11) is 1.65. The Hall–Kier alpha value is -2.30. The molecule has 1 aromatic heterocycles. The fraction of sp³-hybridized carbons (Fsp3) is 0.500. The smallest absolute Gasteiger partial charge is 0.255 e. The SMILES string of the molecule is CCCc1nn(-c2ccc(OC)cc2)c(CCC)c1C(=O)NC(C)C. The van der Waals surface area contributed by atoms with Gasteiger partial charge in [-0.05, 0) is 51.0 Å². The molecule has 5 nitrogen and oxygen atoms in total. The molecule has 2 rings (SSSR count). The van der Waals surface area contributed by atoms with Crippen LogP contribution in [0.25, 0.3) is 5.69 Å². The van der Waals surface area contributed by atoms with Gasteiger partial charge in [0.1, 0.15) is 5.75 Å². The molecule has 0 radical (unpaired) electrons. The average Bonchev–Trinajstić information content (AvgIpc) is 2.93. The van der Waals surface area contributed by atoms with Crippen LogP contribution in [0, 0.1) is 0 Å². The molecule has 5 heteroatoms. The van der Waals surface area contributed by atoms with Crippen molar-refractivity contribution in [3.05, 3.63) is 41.2 Å². The lowest BCUT2D eigenvalue weighted by atomic mass is 10.0. The van der Waals surface area contributed by atoms with E-state index in [4.69, 9.17) is 9.84 Å². The van der Waals surface area contributed by atoms with Crippen molar-refractivity contribution in [3.63, 3.8) is 0 Å². The maximum Gasteiger partial charge on any atom is 0.255 e. The zero-order valence-corrected chi connectivity index (χ0v) is 15.9. The number of carbonyl (C=O) groups excluding carboxylic acids is 1. The van der Waals surface area contributed by atoms with Crippen molar-refractivity contribution in [2.75, 3.05) is 7.11 Å². The van der Waals surface area contributed by atoms with Crippen LogP contribution >= 0.6 is 0 Å². The van der Waals surface area contributed by atoms with Crippen molar-refractivity contribution >= 4 is 5.91 Å². The Bertz CT molecular complexity index is 702. The van der Waals surface area contributed by atoms with Crippen molar-refractivity contribution in [3.8, 4) is 11.4 Å². The van der Waals surface area contributed by atoms with E-state index in [2.05, 4.69) is 19.2 Å². The monoisotopic (exact) mass is 343 g/mol. The lowest BCUT2D eigenvalue weighted by molar-refractivity contribution is 0.0941. The van der Waals surface area contributed by atoms with Crippen LogP contribution in [-0.2, 0) is 12.8 Å². The number of aryl methyl sites for hydroxylation is 1. The maximum absolute atomic E-state index is 12.8. The highest BCUT2D eigenvalue weighted by Crippen LogP contribution is 2.23. The molecule has 2 aromatic rings. The summed E-state index contributed by atoms with van der Waals surface area (Å²) in [6.45, 7) is 8.18. The summed E-state index contributed by atoms with van der Waals surface area (Å²) in [4.78, 5) is 12.8. The predicted octanol–water partition coefficient (Wildman–Crippen LogP) is 3.92. The number of amides is 1. The van der Waals surface area contributed by atoms with E-state index in [0.717, 1.165) is 54.1 Å². The Labute approximate surface area is 150 Å². The number of nitrogens with one attached hydrogen (secondary N) is 1. The van der Waals surface area contributed by atoms with Crippen molar-refractivity contribution in [1.29, 1.82) is 0 Å². The molecule has 0 saturated heterocycles. The third-order valence-electron chi connectivity index (χ3n) is 3.99. The van der Waals surface area contributed by atoms with E-state index in [1.165, 1.54) is 0 Å². The van der Waals surface area contributed by atoms with Crippen molar-refractivity contribution in [1.82, 2.24) is 15.1 Å². The van der Waals surface area contributed by atoms with E-state index in [1.54, 1.807) is 7.11 Å². The highest BCUT2D eigenvalue weighted by Gasteiger charge is 2.23. The second-order valence-electron chi connectivity index (χ2n) is 6.51. The number of benzene rings is 1. The lowest BCUT2D eigenvalue weighted by Gasteiger charge is -2.12. The molecule has 1 heterocycles. The summed E-state index contributed by atoms with van der Waals surface area (Å²) in [5, 5.41) is 7.82. The molecule has 0 fully saturated rings. The first-order chi connectivity index (χ1) is 12.0. The van der Waals surface area contributed by atoms with Gasteiger partial charge >= 0.3 is 0 Å². The van der Waals surface area contributed by atoms with Crippen LogP contribution in [0.1, 0.15) is 62.3 Å². The van der Waals surface area contributed by atoms with Crippen LogP contribution in [0.5, 0.6) is 5.75 Å². The number of hydrogen-bond donors (Lipinski definition) is 1. The number of nitrogens with zero attached hydrogens (tertiary/aromatic N) is 2. The standard InChI is InChI=1S/C20H29N3O2/c1-6-8-17-19(20(24)21-14(3)4)18(9-7-2)23(22-17)15-10-12-16(25-5)13-11-15/h10-14H,6-9H2,1-5H3,(H,21,24). The molecular formula is C20H29N3O2. The molecule has 1 N–H and O–H groups in total. The molecule has 1 amide bonds. The second-order valence-corrected chi connectivity index (χ2v) is 6.51. The van der Waals surface area contributed by atoms with E-state index >= 15 is 0 Å².